The fraction of sp³-hybridized carbons (Fsp3) is 0. The van der Waals surface area contributed by atoms with Gasteiger partial charge >= 0.3 is 0 Å². The Hall–Kier alpha value is -6.84. The van der Waals surface area contributed by atoms with E-state index in [4.69, 9.17) is 4.42 Å². The molecule has 0 fully saturated rings. The molecule has 0 aliphatic heterocycles. The van der Waals surface area contributed by atoms with E-state index < -0.39 is 0 Å². The van der Waals surface area contributed by atoms with Gasteiger partial charge in [0.25, 0.3) is 0 Å². The summed E-state index contributed by atoms with van der Waals surface area (Å²) in [6.07, 6.45) is 0. The second-order valence-corrected chi connectivity index (χ2v) is 13.7. The predicted molar refractivity (Wildman–Crippen MR) is 215 cm³/mol. The van der Waals surface area contributed by atoms with Gasteiger partial charge in [-0.3, -0.25) is 0 Å². The molecule has 0 radical (unpaired) electrons. The minimum absolute atomic E-state index is 0.914. The van der Waals surface area contributed by atoms with Gasteiger partial charge < -0.3 is 13.2 Å². The van der Waals surface area contributed by atoms with Crippen LogP contribution in [0, 0.1) is 0 Å². The van der Waals surface area contributed by atoms with Crippen LogP contribution in [-0.4, -0.2) is 8.80 Å². The largest absolute Gasteiger partial charge is 0.455 e. The minimum Gasteiger partial charge on any atom is -0.455 e. The third-order valence-electron chi connectivity index (χ3n) is 11.1. The van der Waals surface area contributed by atoms with Crippen molar-refractivity contribution >= 4 is 98.1 Å². The molecule has 12 aromatic rings. The van der Waals surface area contributed by atoms with Crippen molar-refractivity contribution in [3.63, 3.8) is 0 Å². The molecule has 3 nitrogen and oxygen atoms in total. The lowest BCUT2D eigenvalue weighted by Crippen LogP contribution is -1.88. The van der Waals surface area contributed by atoms with E-state index in [2.05, 4.69) is 173 Å². The van der Waals surface area contributed by atoms with Gasteiger partial charge in [0.05, 0.1) is 22.1 Å². The maximum atomic E-state index is 6.49. The highest BCUT2D eigenvalue weighted by molar-refractivity contribution is 6.17. The fourth-order valence-electron chi connectivity index (χ4n) is 8.78. The van der Waals surface area contributed by atoms with Crippen molar-refractivity contribution in [2.24, 2.45) is 0 Å². The average Bonchev–Trinajstić information content (AvgIpc) is 3.84. The highest BCUT2D eigenvalue weighted by Crippen LogP contribution is 2.40. The van der Waals surface area contributed by atoms with Crippen LogP contribution in [0.1, 0.15) is 0 Å². The van der Waals surface area contributed by atoms with Gasteiger partial charge in [-0.25, -0.2) is 0 Å². The van der Waals surface area contributed by atoms with Gasteiger partial charge in [0.2, 0.25) is 0 Å². The number of nitrogens with zero attached hydrogens (tertiary/aromatic N) is 2. The Labute approximate surface area is 291 Å². The topological polar surface area (TPSA) is 22.0 Å². The zero-order valence-corrected chi connectivity index (χ0v) is 27.5. The lowest BCUT2D eigenvalue weighted by molar-refractivity contribution is 0.670. The van der Waals surface area contributed by atoms with Crippen LogP contribution in [0.15, 0.2) is 174 Å². The summed E-state index contributed by atoms with van der Waals surface area (Å²) in [7, 11) is 0. The molecule has 8 aromatic carbocycles. The van der Waals surface area contributed by atoms with Crippen molar-refractivity contribution in [1.29, 1.82) is 0 Å². The maximum Gasteiger partial charge on any atom is 0.143 e. The Balaban J connectivity index is 1.27. The molecule has 0 amide bonds. The second-order valence-electron chi connectivity index (χ2n) is 13.7. The summed E-state index contributed by atoms with van der Waals surface area (Å²) >= 11 is 0. The Morgan fingerprint density at radius 1 is 0.333 bits per heavy atom. The Morgan fingerprint density at radius 3 is 1.65 bits per heavy atom. The van der Waals surface area contributed by atoms with Crippen LogP contribution < -0.4 is 0 Å². The van der Waals surface area contributed by atoms with Gasteiger partial charge in [-0.05, 0) is 81.7 Å². The fourth-order valence-corrected chi connectivity index (χ4v) is 8.78. The first-order valence-electron chi connectivity index (χ1n) is 17.5. The summed E-state index contributed by atoms with van der Waals surface area (Å²) in [5.41, 5.74) is 11.1. The van der Waals surface area contributed by atoms with E-state index in [-0.39, 0.29) is 0 Å². The molecule has 0 N–H and O–H groups in total. The van der Waals surface area contributed by atoms with Crippen molar-refractivity contribution in [3.05, 3.63) is 170 Å². The van der Waals surface area contributed by atoms with E-state index in [0.717, 1.165) is 44.1 Å². The highest BCUT2D eigenvalue weighted by Gasteiger charge is 2.16. The maximum absolute atomic E-state index is 6.49. The molecule has 0 aliphatic carbocycles. The van der Waals surface area contributed by atoms with E-state index in [1.54, 1.807) is 0 Å². The number of benzene rings is 8. The standard InChI is InChI=1S/C48H28N2O/c1-2-12-35-31-20-23-39-42-25-29(36-15-8-16-41-40-14-4-6-18-47(40)51-48(36)41)21-24-44(42)50(46(39)27-31)33-10-7-9-32(28-33)49-43-17-5-3-13-37(43)38-22-19-30(26-45(38)49)34(35)11-1/h1-28H. The molecule has 0 saturated heterocycles. The summed E-state index contributed by atoms with van der Waals surface area (Å²) in [5, 5.41) is 12.1. The predicted octanol–water partition coefficient (Wildman–Crippen LogP) is 13.2. The molecule has 0 aliphatic rings. The molecule has 3 heteroatoms. The van der Waals surface area contributed by atoms with Crippen molar-refractivity contribution in [3.8, 4) is 11.1 Å². The van der Waals surface area contributed by atoms with Gasteiger partial charge in [-0.15, -0.1) is 0 Å². The number of para-hydroxylation sites is 3. The van der Waals surface area contributed by atoms with Gasteiger partial charge in [0.1, 0.15) is 11.2 Å². The number of hydrogen-bond donors (Lipinski definition) is 0. The molecule has 51 heavy (non-hydrogen) atoms. The zero-order chi connectivity index (χ0) is 33.2. The molecule has 4 aromatic heterocycles. The Bertz CT molecular complexity index is 3480. The van der Waals surface area contributed by atoms with E-state index in [9.17, 15) is 0 Å². The molecule has 0 saturated carbocycles. The summed E-state index contributed by atoms with van der Waals surface area (Å²) in [6, 6.07) is 62.2. The monoisotopic (exact) mass is 648 g/mol. The Morgan fingerprint density at radius 2 is 0.902 bits per heavy atom. The van der Waals surface area contributed by atoms with Gasteiger partial charge in [0, 0.05) is 48.9 Å². The SMILES string of the molecule is c1ccc2c(c1)oc1c(-c3ccc4c(c3)c3ccc5cc3n4c3cccc(c3)n3c4ccccc4c4ccc(cc43)c3ccccc53)cccc12. The van der Waals surface area contributed by atoms with Gasteiger partial charge in [0.15, 0.2) is 0 Å². The van der Waals surface area contributed by atoms with Crippen molar-refractivity contribution in [2.75, 3.05) is 0 Å². The minimum atomic E-state index is 0.914. The molecular weight excluding hydrogens is 621 g/mol. The average molecular weight is 649 g/mol. The number of rotatable bonds is 1. The highest BCUT2D eigenvalue weighted by atomic mass is 16.3. The third kappa shape index (κ3) is 3.67. The van der Waals surface area contributed by atoms with E-state index in [0.29, 0.717) is 0 Å². The lowest BCUT2D eigenvalue weighted by Gasteiger charge is -2.05. The van der Waals surface area contributed by atoms with Crippen LogP contribution in [0.3, 0.4) is 0 Å². The molecular formula is C48H28N2O. The summed E-state index contributed by atoms with van der Waals surface area (Å²) in [4.78, 5) is 0. The lowest BCUT2D eigenvalue weighted by atomic mass is 10.00. The first kappa shape index (κ1) is 27.0. The molecule has 0 spiro atoms. The number of hydrogen-bond acceptors (Lipinski definition) is 1. The molecule has 0 unspecified atom stereocenters. The molecule has 236 valence electrons. The van der Waals surface area contributed by atoms with E-state index >= 15 is 0 Å². The van der Waals surface area contributed by atoms with Crippen LogP contribution in [0.4, 0.5) is 0 Å². The first-order chi connectivity index (χ1) is 25.3. The summed E-state index contributed by atoms with van der Waals surface area (Å²) < 4.78 is 11.4. The van der Waals surface area contributed by atoms with Gasteiger partial charge in [-0.2, -0.15) is 0 Å². The molecule has 6 bridgehead atoms. The van der Waals surface area contributed by atoms with Crippen molar-refractivity contribution < 1.29 is 4.42 Å². The molecule has 4 heterocycles. The van der Waals surface area contributed by atoms with Crippen molar-refractivity contribution in [1.82, 2.24) is 8.80 Å². The van der Waals surface area contributed by atoms with Crippen LogP contribution in [-0.2, 0) is 0 Å². The third-order valence-corrected chi connectivity index (χ3v) is 11.1. The second kappa shape index (κ2) is 9.87. The molecule has 12 rings (SSSR count). The Kier molecular flexibility index (Phi) is 5.23. The zero-order valence-electron chi connectivity index (χ0n) is 27.5. The van der Waals surface area contributed by atoms with E-state index in [1.807, 2.05) is 6.07 Å². The number of furan rings is 1. The van der Waals surface area contributed by atoms with E-state index in [1.165, 1.54) is 65.2 Å². The summed E-state index contributed by atoms with van der Waals surface area (Å²) in [6.45, 7) is 0. The van der Waals surface area contributed by atoms with Crippen LogP contribution in [0.5, 0.6) is 0 Å². The normalized spacial score (nSPS) is 12.3. The number of fused-ring (bicyclic) bond motifs is 18. The number of aromatic nitrogens is 2. The van der Waals surface area contributed by atoms with Crippen LogP contribution in [0.25, 0.3) is 109 Å². The van der Waals surface area contributed by atoms with Gasteiger partial charge in [-0.1, -0.05) is 115 Å². The van der Waals surface area contributed by atoms with Crippen LogP contribution in [0.2, 0.25) is 0 Å². The smallest absolute Gasteiger partial charge is 0.143 e. The summed E-state index contributed by atoms with van der Waals surface area (Å²) in [5.74, 6) is 0. The van der Waals surface area contributed by atoms with Crippen LogP contribution >= 0.6 is 0 Å². The molecule has 0 atom stereocenters. The van der Waals surface area contributed by atoms with Crippen molar-refractivity contribution in [2.45, 2.75) is 0 Å². The quantitative estimate of drug-likeness (QED) is 0.174. The first-order valence-corrected chi connectivity index (χ1v) is 17.5.